The van der Waals surface area contributed by atoms with Crippen molar-refractivity contribution in [1.82, 2.24) is 0 Å². The molecule has 1 aliphatic rings. The molecule has 0 aromatic heterocycles. The predicted octanol–water partition coefficient (Wildman–Crippen LogP) is 4.90. The minimum atomic E-state index is -3.64. The fraction of sp³-hybridized carbons (Fsp3) is 0.154. The first-order valence-electron chi connectivity index (χ1n) is 10.6. The van der Waals surface area contributed by atoms with Crippen LogP contribution in [0.2, 0.25) is 0 Å². The van der Waals surface area contributed by atoms with Crippen LogP contribution in [0.5, 0.6) is 11.5 Å². The van der Waals surface area contributed by atoms with Gasteiger partial charge in [-0.2, -0.15) is 0 Å². The van der Waals surface area contributed by atoms with Crippen LogP contribution >= 0.6 is 0 Å². The molecule has 0 spiro atoms. The number of methoxy groups -OCH3 is 1. The van der Waals surface area contributed by atoms with Crippen LogP contribution in [0.4, 0.5) is 0 Å². The lowest BCUT2D eigenvalue weighted by Gasteiger charge is -2.18. The molecule has 3 aromatic rings. The van der Waals surface area contributed by atoms with Gasteiger partial charge in [0.25, 0.3) is 0 Å². The summed E-state index contributed by atoms with van der Waals surface area (Å²) >= 11 is 0. The summed E-state index contributed by atoms with van der Waals surface area (Å²) in [5, 5.41) is 0. The molecule has 0 radical (unpaired) electrons. The quantitative estimate of drug-likeness (QED) is 0.462. The molecule has 0 heterocycles. The summed E-state index contributed by atoms with van der Waals surface area (Å²) in [6, 6.07) is 19.1. The van der Waals surface area contributed by atoms with E-state index < -0.39 is 19.7 Å². The Morgan fingerprint density at radius 1 is 0.706 bits per heavy atom. The number of rotatable bonds is 7. The largest absolute Gasteiger partial charge is 0.497 e. The van der Waals surface area contributed by atoms with Crippen molar-refractivity contribution in [3.63, 3.8) is 0 Å². The van der Waals surface area contributed by atoms with Crippen LogP contribution in [0.25, 0.3) is 0 Å². The fourth-order valence-corrected chi connectivity index (χ4v) is 6.09. The molecule has 8 heteroatoms. The lowest BCUT2D eigenvalue weighted by molar-refractivity contribution is 0.251. The van der Waals surface area contributed by atoms with Gasteiger partial charge in [-0.1, -0.05) is 23.8 Å². The van der Waals surface area contributed by atoms with E-state index in [9.17, 15) is 16.8 Å². The van der Waals surface area contributed by atoms with Gasteiger partial charge in [0.2, 0.25) is 19.7 Å². The molecule has 4 rings (SSSR count). The van der Waals surface area contributed by atoms with Crippen molar-refractivity contribution < 1.29 is 26.3 Å². The summed E-state index contributed by atoms with van der Waals surface area (Å²) in [6.07, 6.45) is 4.84. The van der Waals surface area contributed by atoms with Crippen molar-refractivity contribution >= 4 is 19.7 Å². The van der Waals surface area contributed by atoms with Gasteiger partial charge in [0.05, 0.1) is 26.7 Å². The highest BCUT2D eigenvalue weighted by Crippen LogP contribution is 2.28. The lowest BCUT2D eigenvalue weighted by atomic mass is 10.1. The van der Waals surface area contributed by atoms with Crippen LogP contribution in [0.1, 0.15) is 12.0 Å². The summed E-state index contributed by atoms with van der Waals surface area (Å²) in [7, 11) is -5.73. The van der Waals surface area contributed by atoms with E-state index in [2.05, 4.69) is 0 Å². The van der Waals surface area contributed by atoms with Gasteiger partial charge < -0.3 is 9.47 Å². The number of hydrogen-bond donors (Lipinski definition) is 0. The molecule has 0 N–H and O–H groups in total. The number of aryl methyl sites for hydroxylation is 1. The fourth-order valence-electron chi connectivity index (χ4n) is 3.48. The molecule has 3 aromatic carbocycles. The normalized spacial score (nSPS) is 16.1. The summed E-state index contributed by atoms with van der Waals surface area (Å²) in [6.45, 7) is 1.90. The van der Waals surface area contributed by atoms with Gasteiger partial charge in [0.15, 0.2) is 0 Å². The maximum absolute atomic E-state index is 12.9. The summed E-state index contributed by atoms with van der Waals surface area (Å²) in [4.78, 5) is 0.805. The van der Waals surface area contributed by atoms with Crippen molar-refractivity contribution in [3.05, 3.63) is 101 Å². The van der Waals surface area contributed by atoms with E-state index in [1.807, 2.05) is 6.92 Å². The van der Waals surface area contributed by atoms with Gasteiger partial charge in [0, 0.05) is 6.42 Å². The Bertz CT molecular complexity index is 1430. The third kappa shape index (κ3) is 4.93. The second-order valence-corrected chi connectivity index (χ2v) is 11.7. The topological polar surface area (TPSA) is 86.7 Å². The molecule has 0 amide bonds. The molecule has 0 saturated heterocycles. The third-order valence-electron chi connectivity index (χ3n) is 5.46. The Hall–Kier alpha value is -3.36. The van der Waals surface area contributed by atoms with Crippen LogP contribution in [0.3, 0.4) is 0 Å². The minimum Gasteiger partial charge on any atom is -0.497 e. The van der Waals surface area contributed by atoms with Crippen molar-refractivity contribution in [2.45, 2.75) is 34.1 Å². The van der Waals surface area contributed by atoms with E-state index in [-0.39, 0.29) is 25.7 Å². The Labute approximate surface area is 200 Å². The number of ether oxygens (including phenoxy) is 2. The molecule has 6 nitrogen and oxygen atoms in total. The first-order chi connectivity index (χ1) is 16.2. The lowest BCUT2D eigenvalue weighted by Crippen LogP contribution is -2.17. The molecule has 176 valence electrons. The highest BCUT2D eigenvalue weighted by molar-refractivity contribution is 7.95. The molecule has 34 heavy (non-hydrogen) atoms. The molecule has 1 atom stereocenters. The second-order valence-electron chi connectivity index (χ2n) is 7.82. The van der Waals surface area contributed by atoms with Crippen LogP contribution < -0.4 is 9.47 Å². The number of benzene rings is 3. The Balaban J connectivity index is 1.43. The number of sulfone groups is 2. The molecular weight excluding hydrogens is 472 g/mol. The standard InChI is InChI=1S/C26H24O6S2/c1-19-3-11-23(12-4-19)33(27,28)25-15-7-21(8-16-25)32-22-9-17-26(18-10-22)34(29,30)24-13-5-20(31-2)6-14-24/h3-9,11-18,22H,10H2,1-2H3. The smallest absolute Gasteiger partial charge is 0.206 e. The maximum atomic E-state index is 12.9. The first kappa shape index (κ1) is 23.8. The zero-order valence-electron chi connectivity index (χ0n) is 18.7. The molecule has 0 aliphatic heterocycles. The van der Waals surface area contributed by atoms with E-state index in [0.29, 0.717) is 17.9 Å². The van der Waals surface area contributed by atoms with E-state index in [1.165, 1.54) is 37.5 Å². The predicted molar refractivity (Wildman–Crippen MR) is 130 cm³/mol. The van der Waals surface area contributed by atoms with E-state index in [4.69, 9.17) is 9.47 Å². The van der Waals surface area contributed by atoms with E-state index >= 15 is 0 Å². The minimum absolute atomic E-state index is 0.177. The van der Waals surface area contributed by atoms with Crippen LogP contribution in [-0.2, 0) is 19.7 Å². The van der Waals surface area contributed by atoms with Crippen molar-refractivity contribution in [2.75, 3.05) is 7.11 Å². The Morgan fingerprint density at radius 3 is 1.71 bits per heavy atom. The third-order valence-corrected chi connectivity index (χ3v) is 9.06. The molecule has 0 fully saturated rings. The molecular formula is C26H24O6S2. The van der Waals surface area contributed by atoms with Gasteiger partial charge in [-0.15, -0.1) is 0 Å². The highest BCUT2D eigenvalue weighted by Gasteiger charge is 2.23. The maximum Gasteiger partial charge on any atom is 0.206 e. The van der Waals surface area contributed by atoms with E-state index in [1.54, 1.807) is 60.7 Å². The molecule has 0 bridgehead atoms. The summed E-state index contributed by atoms with van der Waals surface area (Å²) in [5.41, 5.74) is 0.984. The number of allylic oxidation sites excluding steroid dienone is 1. The highest BCUT2D eigenvalue weighted by atomic mass is 32.2. The Morgan fingerprint density at radius 2 is 1.21 bits per heavy atom. The van der Waals surface area contributed by atoms with Crippen molar-refractivity contribution in [2.24, 2.45) is 0 Å². The Kier molecular flexibility index (Phi) is 6.63. The average Bonchev–Trinajstić information content (AvgIpc) is 2.85. The zero-order valence-corrected chi connectivity index (χ0v) is 20.3. The first-order valence-corrected chi connectivity index (χ1v) is 13.5. The van der Waals surface area contributed by atoms with Crippen molar-refractivity contribution in [1.29, 1.82) is 0 Å². The summed E-state index contributed by atoms with van der Waals surface area (Å²) < 4.78 is 62.3. The summed E-state index contributed by atoms with van der Waals surface area (Å²) in [5.74, 6) is 1.07. The molecule has 1 aliphatic carbocycles. The SMILES string of the molecule is COc1ccc(S(=O)(=O)C2=CCC(Oc3ccc(S(=O)(=O)c4ccc(C)cc4)cc3)C=C2)cc1. The second kappa shape index (κ2) is 9.48. The van der Waals surface area contributed by atoms with Crippen LogP contribution in [0, 0.1) is 6.92 Å². The molecule has 1 unspecified atom stereocenters. The van der Waals surface area contributed by atoms with Gasteiger partial charge in [0.1, 0.15) is 17.6 Å². The number of hydrogen-bond acceptors (Lipinski definition) is 6. The zero-order chi connectivity index (χ0) is 24.3. The van der Waals surface area contributed by atoms with Gasteiger partial charge in [-0.25, -0.2) is 16.8 Å². The van der Waals surface area contributed by atoms with E-state index in [0.717, 1.165) is 5.56 Å². The van der Waals surface area contributed by atoms with Crippen LogP contribution in [-0.4, -0.2) is 30.0 Å². The van der Waals surface area contributed by atoms with Crippen LogP contribution in [0.15, 0.2) is 111 Å². The van der Waals surface area contributed by atoms with Gasteiger partial charge >= 0.3 is 0 Å². The van der Waals surface area contributed by atoms with Gasteiger partial charge in [-0.05, 0) is 79.7 Å². The monoisotopic (exact) mass is 496 g/mol. The van der Waals surface area contributed by atoms with Crippen molar-refractivity contribution in [3.8, 4) is 11.5 Å². The van der Waals surface area contributed by atoms with Gasteiger partial charge in [-0.3, -0.25) is 0 Å². The average molecular weight is 497 g/mol. The molecule has 0 saturated carbocycles.